The van der Waals surface area contributed by atoms with Crippen LogP contribution >= 0.6 is 22.7 Å². The second-order valence-corrected chi connectivity index (χ2v) is 7.34. The van der Waals surface area contributed by atoms with Crippen LogP contribution in [0.4, 0.5) is 0 Å². The summed E-state index contributed by atoms with van der Waals surface area (Å²) in [7, 11) is 0. The summed E-state index contributed by atoms with van der Waals surface area (Å²) in [5, 5.41) is 8.25. The highest BCUT2D eigenvalue weighted by atomic mass is 32.1. The fourth-order valence-electron chi connectivity index (χ4n) is 2.09. The zero-order chi connectivity index (χ0) is 17.3. The number of H-pyrrole nitrogens is 1. The number of hydrogen-bond acceptors (Lipinski definition) is 7. The fourth-order valence-corrected chi connectivity index (χ4v) is 3.39. The Labute approximate surface area is 145 Å². The van der Waals surface area contributed by atoms with Crippen molar-refractivity contribution >= 4 is 28.6 Å². The average Bonchev–Trinajstić information content (AvgIpc) is 3.15. The van der Waals surface area contributed by atoms with Gasteiger partial charge in [-0.2, -0.15) is 0 Å². The standard InChI is InChI=1S/C15H15N5O2S2/c1-7(11-5-23-8(2)18-11)17-14(21)10-4-16-13(20-15(10)22)12-6-24-9(3)19-12/h4-7H,1-3H3,(H,17,21)(H,16,20,22)/t7-/m0/s1. The minimum atomic E-state index is -0.496. The smallest absolute Gasteiger partial charge is 0.264 e. The van der Waals surface area contributed by atoms with E-state index in [0.717, 1.165) is 15.7 Å². The molecule has 3 heterocycles. The van der Waals surface area contributed by atoms with Crippen LogP contribution in [0.1, 0.15) is 39.0 Å². The van der Waals surface area contributed by atoms with E-state index in [1.165, 1.54) is 28.9 Å². The van der Waals surface area contributed by atoms with E-state index in [4.69, 9.17) is 0 Å². The van der Waals surface area contributed by atoms with Gasteiger partial charge < -0.3 is 10.3 Å². The Morgan fingerprint density at radius 2 is 1.92 bits per heavy atom. The molecule has 1 atom stereocenters. The van der Waals surface area contributed by atoms with Gasteiger partial charge >= 0.3 is 0 Å². The highest BCUT2D eigenvalue weighted by Crippen LogP contribution is 2.17. The molecule has 7 nitrogen and oxygen atoms in total. The molecule has 0 bridgehead atoms. The Morgan fingerprint density at radius 3 is 2.50 bits per heavy atom. The van der Waals surface area contributed by atoms with Crippen LogP contribution in [0.5, 0.6) is 0 Å². The van der Waals surface area contributed by atoms with Crippen LogP contribution in [-0.2, 0) is 0 Å². The lowest BCUT2D eigenvalue weighted by Crippen LogP contribution is -2.32. The molecule has 0 aliphatic carbocycles. The largest absolute Gasteiger partial charge is 0.344 e. The summed E-state index contributed by atoms with van der Waals surface area (Å²) < 4.78 is 0. The number of thiazole rings is 2. The normalized spacial score (nSPS) is 12.1. The maximum absolute atomic E-state index is 12.3. The summed E-state index contributed by atoms with van der Waals surface area (Å²) in [5.74, 6) is -0.132. The number of aromatic amines is 1. The third-order valence-corrected chi connectivity index (χ3v) is 4.90. The fraction of sp³-hybridized carbons (Fsp3) is 0.267. The second kappa shape index (κ2) is 6.62. The number of carbonyl (C=O) groups is 1. The van der Waals surface area contributed by atoms with Crippen molar-refractivity contribution in [3.8, 4) is 11.5 Å². The quantitative estimate of drug-likeness (QED) is 0.743. The first-order valence-corrected chi connectivity index (χ1v) is 8.94. The lowest BCUT2D eigenvalue weighted by atomic mass is 10.2. The molecule has 2 N–H and O–H groups in total. The lowest BCUT2D eigenvalue weighted by Gasteiger charge is -2.11. The summed E-state index contributed by atoms with van der Waals surface area (Å²) >= 11 is 2.98. The number of aromatic nitrogens is 4. The van der Waals surface area contributed by atoms with E-state index in [2.05, 4.69) is 25.3 Å². The predicted octanol–water partition coefficient (Wildman–Crippen LogP) is 2.46. The molecule has 0 saturated carbocycles. The van der Waals surface area contributed by atoms with Gasteiger partial charge in [0.05, 0.1) is 21.8 Å². The second-order valence-electron chi connectivity index (χ2n) is 5.21. The molecular formula is C15H15N5O2S2. The monoisotopic (exact) mass is 361 g/mol. The van der Waals surface area contributed by atoms with Gasteiger partial charge in [-0.05, 0) is 20.8 Å². The van der Waals surface area contributed by atoms with Gasteiger partial charge in [0.1, 0.15) is 11.3 Å². The summed E-state index contributed by atoms with van der Waals surface area (Å²) in [5.41, 5.74) is 0.826. The maximum atomic E-state index is 12.3. The molecule has 124 valence electrons. The van der Waals surface area contributed by atoms with Crippen LogP contribution in [0.3, 0.4) is 0 Å². The van der Waals surface area contributed by atoms with Crippen molar-refractivity contribution in [2.45, 2.75) is 26.8 Å². The third-order valence-electron chi connectivity index (χ3n) is 3.33. The number of carbonyl (C=O) groups excluding carboxylic acids is 1. The Bertz CT molecular complexity index is 943. The molecule has 3 aromatic heterocycles. The minimum Gasteiger partial charge on any atom is -0.344 e. The Balaban J connectivity index is 1.79. The number of nitrogens with zero attached hydrogens (tertiary/aromatic N) is 3. The molecule has 0 spiro atoms. The van der Waals surface area contributed by atoms with E-state index in [0.29, 0.717) is 11.5 Å². The van der Waals surface area contributed by atoms with Gasteiger partial charge in [-0.1, -0.05) is 0 Å². The number of nitrogens with one attached hydrogen (secondary N) is 2. The zero-order valence-corrected chi connectivity index (χ0v) is 14.9. The Kier molecular flexibility index (Phi) is 4.54. The van der Waals surface area contributed by atoms with Gasteiger partial charge in [-0.25, -0.2) is 15.0 Å². The maximum Gasteiger partial charge on any atom is 0.264 e. The van der Waals surface area contributed by atoms with Gasteiger partial charge in [0.25, 0.3) is 11.5 Å². The molecule has 0 aromatic carbocycles. The molecular weight excluding hydrogens is 346 g/mol. The first-order chi connectivity index (χ1) is 11.4. The minimum absolute atomic E-state index is 0.0375. The van der Waals surface area contributed by atoms with Crippen LogP contribution in [0.2, 0.25) is 0 Å². The molecule has 0 aliphatic heterocycles. The van der Waals surface area contributed by atoms with Crippen LogP contribution in [0.25, 0.3) is 11.5 Å². The van der Waals surface area contributed by atoms with Crippen molar-refractivity contribution in [1.82, 2.24) is 25.3 Å². The summed E-state index contributed by atoms with van der Waals surface area (Å²) in [6, 6.07) is -0.289. The molecule has 0 unspecified atom stereocenters. The molecule has 0 saturated heterocycles. The first kappa shape index (κ1) is 16.5. The number of rotatable bonds is 4. The molecule has 3 aromatic rings. The van der Waals surface area contributed by atoms with Crippen LogP contribution in [0.15, 0.2) is 21.8 Å². The predicted molar refractivity (Wildman–Crippen MR) is 93.4 cm³/mol. The van der Waals surface area contributed by atoms with Crippen LogP contribution in [0, 0.1) is 13.8 Å². The molecule has 0 fully saturated rings. The molecule has 3 rings (SSSR count). The van der Waals surface area contributed by atoms with Crippen LogP contribution < -0.4 is 10.9 Å². The molecule has 9 heteroatoms. The van der Waals surface area contributed by atoms with E-state index >= 15 is 0 Å². The van der Waals surface area contributed by atoms with E-state index in [1.807, 2.05) is 26.2 Å². The zero-order valence-electron chi connectivity index (χ0n) is 13.3. The molecule has 0 radical (unpaired) electrons. The number of hydrogen-bond donors (Lipinski definition) is 2. The van der Waals surface area contributed by atoms with E-state index in [-0.39, 0.29) is 11.6 Å². The lowest BCUT2D eigenvalue weighted by molar-refractivity contribution is 0.0937. The Morgan fingerprint density at radius 1 is 1.21 bits per heavy atom. The van der Waals surface area contributed by atoms with Gasteiger partial charge in [0.15, 0.2) is 5.82 Å². The highest BCUT2D eigenvalue weighted by molar-refractivity contribution is 7.10. The van der Waals surface area contributed by atoms with Crippen molar-refractivity contribution in [2.24, 2.45) is 0 Å². The van der Waals surface area contributed by atoms with E-state index in [9.17, 15) is 9.59 Å². The third kappa shape index (κ3) is 3.41. The Hall–Kier alpha value is -2.39. The van der Waals surface area contributed by atoms with Crippen LogP contribution in [-0.4, -0.2) is 25.8 Å². The summed E-state index contributed by atoms with van der Waals surface area (Å²) in [6.07, 6.45) is 1.27. The van der Waals surface area contributed by atoms with E-state index in [1.54, 1.807) is 5.38 Å². The van der Waals surface area contributed by atoms with E-state index < -0.39 is 11.5 Å². The number of aryl methyl sites for hydroxylation is 2. The van der Waals surface area contributed by atoms with Crippen molar-refractivity contribution in [2.75, 3.05) is 0 Å². The van der Waals surface area contributed by atoms with Crippen molar-refractivity contribution < 1.29 is 4.79 Å². The van der Waals surface area contributed by atoms with Gasteiger partial charge in [0, 0.05) is 17.0 Å². The topological polar surface area (TPSA) is 101 Å². The molecule has 1 amide bonds. The van der Waals surface area contributed by atoms with Gasteiger partial charge in [0.2, 0.25) is 0 Å². The highest BCUT2D eigenvalue weighted by Gasteiger charge is 2.17. The van der Waals surface area contributed by atoms with Gasteiger partial charge in [-0.3, -0.25) is 9.59 Å². The number of amides is 1. The van der Waals surface area contributed by atoms with Crippen molar-refractivity contribution in [3.05, 3.63) is 48.6 Å². The first-order valence-electron chi connectivity index (χ1n) is 7.18. The summed E-state index contributed by atoms with van der Waals surface area (Å²) in [4.78, 5) is 39.8. The van der Waals surface area contributed by atoms with Gasteiger partial charge in [-0.15, -0.1) is 22.7 Å². The molecule has 24 heavy (non-hydrogen) atoms. The molecule has 0 aliphatic rings. The SMILES string of the molecule is Cc1nc(-c2ncc(C(=O)N[C@@H](C)c3csc(C)n3)c(=O)[nH]2)cs1. The summed E-state index contributed by atoms with van der Waals surface area (Å²) in [6.45, 7) is 5.59. The van der Waals surface area contributed by atoms with Crippen molar-refractivity contribution in [3.63, 3.8) is 0 Å². The van der Waals surface area contributed by atoms with Crippen molar-refractivity contribution in [1.29, 1.82) is 0 Å². The average molecular weight is 361 g/mol.